The average molecular weight is 488 g/mol. The number of benzene rings is 3. The van der Waals surface area contributed by atoms with Gasteiger partial charge in [0.2, 0.25) is 0 Å². The Kier molecular flexibility index (Phi) is 6.15. The van der Waals surface area contributed by atoms with E-state index in [1.807, 2.05) is 30.3 Å². The fraction of sp³-hybridized carbons (Fsp3) is 0.0870. The van der Waals surface area contributed by atoms with Crippen LogP contribution in [0.2, 0.25) is 10.0 Å². The highest BCUT2D eigenvalue weighted by atomic mass is 35.5. The van der Waals surface area contributed by atoms with Crippen LogP contribution in [-0.2, 0) is 23.6 Å². The summed E-state index contributed by atoms with van der Waals surface area (Å²) in [7, 11) is -2.10. The molecule has 0 fully saturated rings. The molecule has 1 amide bonds. The van der Waals surface area contributed by atoms with Crippen LogP contribution < -0.4 is 10.0 Å². The van der Waals surface area contributed by atoms with Crippen LogP contribution in [-0.4, -0.2) is 18.9 Å². The second-order valence-corrected chi connectivity index (χ2v) is 9.82. The van der Waals surface area contributed by atoms with Crippen LogP contribution in [0, 0.1) is 0 Å². The zero-order valence-corrected chi connectivity index (χ0v) is 19.3. The Morgan fingerprint density at radius 3 is 2.34 bits per heavy atom. The van der Waals surface area contributed by atoms with E-state index in [0.29, 0.717) is 28.7 Å². The van der Waals surface area contributed by atoms with Crippen LogP contribution in [0.5, 0.6) is 0 Å². The lowest BCUT2D eigenvalue weighted by Crippen LogP contribution is -2.22. The zero-order valence-electron chi connectivity index (χ0n) is 17.0. The number of nitrogens with zero attached hydrogens (tertiary/aromatic N) is 1. The maximum atomic E-state index is 12.8. The van der Waals surface area contributed by atoms with E-state index in [9.17, 15) is 13.2 Å². The molecule has 9 heteroatoms. The number of nitrogens with one attached hydrogen (secondary N) is 2. The van der Waals surface area contributed by atoms with E-state index in [1.54, 1.807) is 36.0 Å². The Hall–Kier alpha value is -3.00. The normalized spacial score (nSPS) is 11.5. The van der Waals surface area contributed by atoms with Gasteiger partial charge in [-0.15, -0.1) is 0 Å². The van der Waals surface area contributed by atoms with E-state index in [2.05, 4.69) is 10.0 Å². The molecule has 6 nitrogen and oxygen atoms in total. The largest absolute Gasteiger partial charge is 0.350 e. The SMILES string of the molecule is Cn1cc(C(=O)NCc2ccccc2)c2ccc(NS(=O)(=O)c3cc(Cl)cc(Cl)c3)cc21. The predicted molar refractivity (Wildman–Crippen MR) is 128 cm³/mol. The van der Waals surface area contributed by atoms with Gasteiger partial charge in [-0.1, -0.05) is 53.5 Å². The number of aromatic nitrogens is 1. The van der Waals surface area contributed by atoms with E-state index < -0.39 is 10.0 Å². The first-order chi connectivity index (χ1) is 15.2. The number of amides is 1. The molecule has 0 unspecified atom stereocenters. The Morgan fingerprint density at radius 2 is 1.66 bits per heavy atom. The number of hydrogen-bond donors (Lipinski definition) is 2. The second kappa shape index (κ2) is 8.86. The summed E-state index contributed by atoms with van der Waals surface area (Å²) < 4.78 is 29.8. The van der Waals surface area contributed by atoms with Crippen LogP contribution in [0.1, 0.15) is 15.9 Å². The lowest BCUT2D eigenvalue weighted by Gasteiger charge is -2.10. The van der Waals surface area contributed by atoms with Crippen molar-refractivity contribution in [2.45, 2.75) is 11.4 Å². The number of rotatable bonds is 6. The molecule has 4 aromatic rings. The standard InChI is InChI=1S/C23H19Cl2N3O3S/c1-28-14-21(23(29)26-13-15-5-3-2-4-6-15)20-8-7-18(12-22(20)28)27-32(30,31)19-10-16(24)9-17(25)11-19/h2-12,14,27H,13H2,1H3,(H,26,29). The molecular weight excluding hydrogens is 469 g/mol. The number of hydrogen-bond acceptors (Lipinski definition) is 3. The molecule has 0 radical (unpaired) electrons. The molecule has 0 atom stereocenters. The van der Waals surface area contributed by atoms with Gasteiger partial charge < -0.3 is 9.88 Å². The summed E-state index contributed by atoms with van der Waals surface area (Å²) in [5.74, 6) is -0.207. The van der Waals surface area contributed by atoms with Crippen LogP contribution in [0.25, 0.3) is 10.9 Å². The molecule has 0 bridgehead atoms. The molecule has 32 heavy (non-hydrogen) atoms. The number of carbonyl (C=O) groups excluding carboxylic acids is 1. The topological polar surface area (TPSA) is 80.2 Å². The molecule has 0 aliphatic heterocycles. The maximum Gasteiger partial charge on any atom is 0.261 e. The molecule has 0 aliphatic carbocycles. The van der Waals surface area contributed by atoms with Crippen molar-refractivity contribution < 1.29 is 13.2 Å². The average Bonchev–Trinajstić information content (AvgIpc) is 3.08. The fourth-order valence-electron chi connectivity index (χ4n) is 3.40. The maximum absolute atomic E-state index is 12.8. The number of aryl methyl sites for hydroxylation is 1. The van der Waals surface area contributed by atoms with E-state index in [0.717, 1.165) is 5.56 Å². The summed E-state index contributed by atoms with van der Waals surface area (Å²) in [4.78, 5) is 12.7. The Labute approximate surface area is 195 Å². The first-order valence-corrected chi connectivity index (χ1v) is 11.9. The third kappa shape index (κ3) is 4.75. The van der Waals surface area contributed by atoms with Crippen molar-refractivity contribution in [3.8, 4) is 0 Å². The van der Waals surface area contributed by atoms with Gasteiger partial charge in [0.1, 0.15) is 0 Å². The number of halogens is 2. The van der Waals surface area contributed by atoms with Crippen molar-refractivity contribution >= 4 is 55.7 Å². The summed E-state index contributed by atoms with van der Waals surface area (Å²) in [6, 6.07) is 18.7. The predicted octanol–water partition coefficient (Wildman–Crippen LogP) is 5.22. The minimum atomic E-state index is -3.90. The zero-order chi connectivity index (χ0) is 22.9. The lowest BCUT2D eigenvalue weighted by molar-refractivity contribution is 0.0952. The van der Waals surface area contributed by atoms with Crippen molar-refractivity contribution in [3.05, 3.63) is 94.1 Å². The minimum Gasteiger partial charge on any atom is -0.350 e. The van der Waals surface area contributed by atoms with Crippen molar-refractivity contribution in [1.82, 2.24) is 9.88 Å². The second-order valence-electron chi connectivity index (χ2n) is 7.26. The molecule has 0 saturated carbocycles. The summed E-state index contributed by atoms with van der Waals surface area (Å²) >= 11 is 11.9. The number of carbonyl (C=O) groups is 1. The van der Waals surface area contributed by atoms with Crippen molar-refractivity contribution in [2.75, 3.05) is 4.72 Å². The molecular formula is C23H19Cl2N3O3S. The third-order valence-electron chi connectivity index (χ3n) is 4.93. The highest BCUT2D eigenvalue weighted by Gasteiger charge is 2.18. The molecule has 0 saturated heterocycles. The Morgan fingerprint density at radius 1 is 0.969 bits per heavy atom. The van der Waals surface area contributed by atoms with Crippen LogP contribution in [0.4, 0.5) is 5.69 Å². The first-order valence-electron chi connectivity index (χ1n) is 9.63. The monoisotopic (exact) mass is 487 g/mol. The van der Waals surface area contributed by atoms with E-state index in [1.165, 1.54) is 18.2 Å². The van der Waals surface area contributed by atoms with Crippen molar-refractivity contribution in [2.24, 2.45) is 7.05 Å². The highest BCUT2D eigenvalue weighted by Crippen LogP contribution is 2.27. The summed E-state index contributed by atoms with van der Waals surface area (Å²) in [5, 5.41) is 4.08. The molecule has 1 heterocycles. The third-order valence-corrected chi connectivity index (χ3v) is 6.73. The van der Waals surface area contributed by atoms with Gasteiger partial charge in [-0.25, -0.2) is 8.42 Å². The van der Waals surface area contributed by atoms with E-state index in [-0.39, 0.29) is 20.8 Å². The molecule has 4 rings (SSSR count). The Balaban J connectivity index is 1.58. The molecule has 1 aromatic heterocycles. The van der Waals surface area contributed by atoms with Gasteiger partial charge in [0, 0.05) is 35.2 Å². The van der Waals surface area contributed by atoms with Crippen LogP contribution >= 0.6 is 23.2 Å². The number of anilines is 1. The Bertz CT molecular complexity index is 1400. The van der Waals surface area contributed by atoms with Crippen molar-refractivity contribution in [1.29, 1.82) is 0 Å². The van der Waals surface area contributed by atoms with Gasteiger partial charge in [0.25, 0.3) is 15.9 Å². The molecule has 0 aliphatic rings. The summed E-state index contributed by atoms with van der Waals surface area (Å²) in [5.41, 5.74) is 2.57. The van der Waals surface area contributed by atoms with Gasteiger partial charge in [-0.2, -0.15) is 0 Å². The van der Waals surface area contributed by atoms with Gasteiger partial charge in [0.15, 0.2) is 0 Å². The summed E-state index contributed by atoms with van der Waals surface area (Å²) in [6.07, 6.45) is 1.72. The lowest BCUT2D eigenvalue weighted by atomic mass is 10.1. The molecule has 164 valence electrons. The minimum absolute atomic E-state index is 0.0389. The van der Waals surface area contributed by atoms with Gasteiger partial charge in [-0.05, 0) is 42.0 Å². The van der Waals surface area contributed by atoms with E-state index in [4.69, 9.17) is 23.2 Å². The molecule has 3 aromatic carbocycles. The first kappa shape index (κ1) is 22.2. The smallest absolute Gasteiger partial charge is 0.261 e. The highest BCUT2D eigenvalue weighted by molar-refractivity contribution is 7.92. The fourth-order valence-corrected chi connectivity index (χ4v) is 5.17. The van der Waals surface area contributed by atoms with Crippen LogP contribution in [0.15, 0.2) is 77.8 Å². The van der Waals surface area contributed by atoms with E-state index >= 15 is 0 Å². The number of fused-ring (bicyclic) bond motifs is 1. The quantitative estimate of drug-likeness (QED) is 0.391. The van der Waals surface area contributed by atoms with Gasteiger partial charge in [0.05, 0.1) is 21.7 Å². The van der Waals surface area contributed by atoms with Crippen LogP contribution in [0.3, 0.4) is 0 Å². The van der Waals surface area contributed by atoms with Gasteiger partial charge >= 0.3 is 0 Å². The summed E-state index contributed by atoms with van der Waals surface area (Å²) in [6.45, 7) is 0.413. The van der Waals surface area contributed by atoms with Crippen molar-refractivity contribution in [3.63, 3.8) is 0 Å². The molecule has 2 N–H and O–H groups in total. The number of sulfonamides is 1. The van der Waals surface area contributed by atoms with Gasteiger partial charge in [-0.3, -0.25) is 9.52 Å². The molecule has 0 spiro atoms.